The minimum absolute atomic E-state index is 0.0801. The lowest BCUT2D eigenvalue weighted by atomic mass is 10.2. The molecule has 9 heteroatoms. The first kappa shape index (κ1) is 19.4. The van der Waals surface area contributed by atoms with E-state index in [1.54, 1.807) is 25.4 Å². The fourth-order valence-electron chi connectivity index (χ4n) is 2.80. The number of hydrogen-bond acceptors (Lipinski definition) is 5. The maximum atomic E-state index is 11.6. The van der Waals surface area contributed by atoms with Crippen LogP contribution in [0.1, 0.15) is 5.56 Å². The number of pyridine rings is 1. The highest BCUT2D eigenvalue weighted by molar-refractivity contribution is 9.11. The van der Waals surface area contributed by atoms with Crippen LogP contribution in [0.2, 0.25) is 0 Å². The highest BCUT2D eigenvalue weighted by Crippen LogP contribution is 2.40. The second-order valence-corrected chi connectivity index (χ2v) is 8.02. The van der Waals surface area contributed by atoms with Crippen LogP contribution < -0.4 is 5.56 Å². The number of halogens is 2. The zero-order valence-electron chi connectivity index (χ0n) is 15.0. The number of H-pyrrole nitrogens is 1. The van der Waals surface area contributed by atoms with Crippen molar-refractivity contribution in [3.05, 3.63) is 67.5 Å². The van der Waals surface area contributed by atoms with Crippen molar-refractivity contribution in [3.63, 3.8) is 0 Å². The van der Waals surface area contributed by atoms with Gasteiger partial charge in [0.15, 0.2) is 0 Å². The minimum Gasteiger partial charge on any atom is -0.506 e. The zero-order valence-corrected chi connectivity index (χ0v) is 18.2. The van der Waals surface area contributed by atoms with E-state index in [1.165, 1.54) is 16.8 Å². The number of rotatable bonds is 3. The Hall–Kier alpha value is -2.91. The summed E-state index contributed by atoms with van der Waals surface area (Å²) in [7, 11) is 1.69. The number of aromatic hydroxyl groups is 2. The Bertz CT molecular complexity index is 1340. The van der Waals surface area contributed by atoms with Gasteiger partial charge in [0.25, 0.3) is 0 Å². The summed E-state index contributed by atoms with van der Waals surface area (Å²) in [6.07, 6.45) is 3.23. The Morgan fingerprint density at radius 3 is 2.69 bits per heavy atom. The number of aromatic nitrogens is 3. The molecule has 0 radical (unpaired) electrons. The van der Waals surface area contributed by atoms with E-state index in [4.69, 9.17) is 0 Å². The summed E-state index contributed by atoms with van der Waals surface area (Å²) in [4.78, 5) is 23.8. The molecule has 3 N–H and O–H groups in total. The number of aromatic amines is 1. The van der Waals surface area contributed by atoms with Crippen molar-refractivity contribution in [2.45, 2.75) is 0 Å². The molecular weight excluding hydrogens is 504 g/mol. The van der Waals surface area contributed by atoms with Crippen LogP contribution in [0.3, 0.4) is 0 Å². The van der Waals surface area contributed by atoms with Gasteiger partial charge in [-0.25, -0.2) is 4.98 Å². The number of aryl methyl sites for hydroxylation is 1. The smallest absolute Gasteiger partial charge is 0.250 e. The molecule has 146 valence electrons. The van der Waals surface area contributed by atoms with E-state index >= 15 is 0 Å². The number of phenolic OH excluding ortho intramolecular Hbond substituents is 2. The summed E-state index contributed by atoms with van der Waals surface area (Å²) < 4.78 is 2.13. The molecule has 0 bridgehead atoms. The lowest BCUT2D eigenvalue weighted by molar-refractivity contribution is 0.442. The van der Waals surface area contributed by atoms with E-state index in [1.807, 2.05) is 18.2 Å². The van der Waals surface area contributed by atoms with Crippen LogP contribution in [0.5, 0.6) is 11.5 Å². The Kier molecular flexibility index (Phi) is 5.01. The molecule has 0 amide bonds. The van der Waals surface area contributed by atoms with Crippen molar-refractivity contribution in [3.8, 4) is 22.9 Å². The molecule has 2 aromatic heterocycles. The number of imidazole rings is 1. The van der Waals surface area contributed by atoms with E-state index in [0.717, 1.165) is 16.6 Å². The zero-order chi connectivity index (χ0) is 20.7. The van der Waals surface area contributed by atoms with E-state index < -0.39 is 0 Å². The van der Waals surface area contributed by atoms with Crippen molar-refractivity contribution >= 4 is 54.8 Å². The third-order valence-electron chi connectivity index (χ3n) is 4.38. The molecule has 29 heavy (non-hydrogen) atoms. The quantitative estimate of drug-likeness (QED) is 0.345. The first-order valence-corrected chi connectivity index (χ1v) is 10.0. The number of aliphatic imine (C=N–C) groups is 1. The summed E-state index contributed by atoms with van der Waals surface area (Å²) >= 11 is 6.38. The average Bonchev–Trinajstić information content (AvgIpc) is 3.13. The van der Waals surface area contributed by atoms with Crippen molar-refractivity contribution in [2.75, 3.05) is 0 Å². The van der Waals surface area contributed by atoms with Crippen LogP contribution in [0.25, 0.3) is 22.4 Å². The first-order valence-electron chi connectivity index (χ1n) is 8.44. The summed E-state index contributed by atoms with van der Waals surface area (Å²) in [5.74, 6) is 0.469. The molecule has 0 saturated heterocycles. The summed E-state index contributed by atoms with van der Waals surface area (Å²) in [6.45, 7) is 0. The largest absolute Gasteiger partial charge is 0.506 e. The first-order chi connectivity index (χ1) is 13.8. The van der Waals surface area contributed by atoms with Gasteiger partial charge in [-0.1, -0.05) is 0 Å². The molecule has 0 spiro atoms. The third kappa shape index (κ3) is 3.70. The topological polar surface area (TPSA) is 104 Å². The van der Waals surface area contributed by atoms with Gasteiger partial charge in [0, 0.05) is 36.7 Å². The third-order valence-corrected chi connectivity index (χ3v) is 5.73. The van der Waals surface area contributed by atoms with Crippen molar-refractivity contribution in [1.29, 1.82) is 0 Å². The van der Waals surface area contributed by atoms with E-state index in [-0.39, 0.29) is 21.5 Å². The molecule has 0 aliphatic heterocycles. The molecule has 0 atom stereocenters. The van der Waals surface area contributed by atoms with Crippen molar-refractivity contribution < 1.29 is 10.2 Å². The highest BCUT2D eigenvalue weighted by atomic mass is 79.9. The van der Waals surface area contributed by atoms with E-state index in [2.05, 4.69) is 46.8 Å². The average molecular weight is 518 g/mol. The van der Waals surface area contributed by atoms with Gasteiger partial charge in [-0.05, 0) is 62.2 Å². The van der Waals surface area contributed by atoms with Crippen LogP contribution >= 0.6 is 31.9 Å². The molecule has 2 aromatic carbocycles. The molecule has 7 nitrogen and oxygen atoms in total. The molecule has 4 aromatic rings. The second kappa shape index (κ2) is 7.49. The molecular formula is C20H14Br2N4O3. The van der Waals surface area contributed by atoms with Crippen molar-refractivity contribution in [1.82, 2.24) is 14.5 Å². The maximum Gasteiger partial charge on any atom is 0.250 e. The maximum absolute atomic E-state index is 11.6. The van der Waals surface area contributed by atoms with Gasteiger partial charge in [-0.2, -0.15) is 0 Å². The van der Waals surface area contributed by atoms with Gasteiger partial charge in [-0.15, -0.1) is 0 Å². The summed E-state index contributed by atoms with van der Waals surface area (Å²) in [5.41, 5.74) is 3.37. The molecule has 0 aliphatic carbocycles. The lowest BCUT2D eigenvalue weighted by Gasteiger charge is -2.06. The predicted molar refractivity (Wildman–Crippen MR) is 119 cm³/mol. The monoisotopic (exact) mass is 516 g/mol. The SMILES string of the molecule is Cn1cc(-c2nc3cc(/N=C/c4cc(Br)c(O)c(Br)c4O)ccc3[nH]2)ccc1=O. The normalized spacial score (nSPS) is 11.6. The number of fused-ring (bicyclic) bond motifs is 1. The van der Waals surface area contributed by atoms with E-state index in [9.17, 15) is 15.0 Å². The Labute approximate surface area is 181 Å². The summed E-state index contributed by atoms with van der Waals surface area (Å²) in [5, 5.41) is 20.0. The fourth-order valence-corrected chi connectivity index (χ4v) is 3.96. The van der Waals surface area contributed by atoms with Gasteiger partial charge in [0.1, 0.15) is 21.8 Å². The number of benzene rings is 2. The molecule has 0 unspecified atom stereocenters. The Morgan fingerprint density at radius 2 is 1.93 bits per heavy atom. The van der Waals surface area contributed by atoms with Crippen LogP contribution in [0.15, 0.2) is 61.3 Å². The molecule has 4 rings (SSSR count). The molecule has 0 aliphatic rings. The Morgan fingerprint density at radius 1 is 1.14 bits per heavy atom. The Balaban J connectivity index is 1.69. The van der Waals surface area contributed by atoms with Gasteiger partial charge < -0.3 is 19.8 Å². The number of nitrogens with one attached hydrogen (secondary N) is 1. The molecule has 2 heterocycles. The van der Waals surface area contributed by atoms with Gasteiger partial charge in [0.2, 0.25) is 5.56 Å². The second-order valence-electron chi connectivity index (χ2n) is 6.37. The van der Waals surface area contributed by atoms with Crippen LogP contribution in [-0.4, -0.2) is 31.0 Å². The van der Waals surface area contributed by atoms with Crippen LogP contribution in [0, 0.1) is 0 Å². The van der Waals surface area contributed by atoms with Crippen molar-refractivity contribution in [2.24, 2.45) is 12.0 Å². The number of phenols is 2. The minimum atomic E-state index is -0.104. The lowest BCUT2D eigenvalue weighted by Crippen LogP contribution is -2.14. The predicted octanol–water partition coefficient (Wildman–Crippen LogP) is 4.62. The highest BCUT2D eigenvalue weighted by Gasteiger charge is 2.13. The van der Waals surface area contributed by atoms with Gasteiger partial charge in [0.05, 0.1) is 21.2 Å². The fraction of sp³-hybridized carbons (Fsp3) is 0.0500. The standard InChI is InChI=1S/C20H14Br2N4O3/c1-26-9-10(2-5-16(26)27)20-24-14-4-3-12(7-15(14)25-20)23-8-11-6-13(21)19(29)17(22)18(11)28/h2-9,28-29H,1H3,(H,24,25)/b23-8+. The summed E-state index contributed by atoms with van der Waals surface area (Å²) in [6, 6.07) is 10.3. The molecule has 0 saturated carbocycles. The van der Waals surface area contributed by atoms with Gasteiger partial charge in [-0.3, -0.25) is 9.79 Å². The van der Waals surface area contributed by atoms with Crippen LogP contribution in [0.4, 0.5) is 5.69 Å². The van der Waals surface area contributed by atoms with Gasteiger partial charge >= 0.3 is 0 Å². The number of hydrogen-bond donors (Lipinski definition) is 3. The van der Waals surface area contributed by atoms with Crippen LogP contribution in [-0.2, 0) is 7.05 Å². The molecule has 0 fully saturated rings. The number of nitrogens with zero attached hydrogens (tertiary/aromatic N) is 3. The van der Waals surface area contributed by atoms with E-state index in [0.29, 0.717) is 21.5 Å².